The molecule has 0 aromatic carbocycles. The molecule has 0 spiro atoms. The lowest BCUT2D eigenvalue weighted by Crippen LogP contribution is -2.35. The zero-order valence-electron chi connectivity index (χ0n) is 9.78. The number of carbonyl (C=O) groups excluding carboxylic acids is 1. The average Bonchev–Trinajstić information content (AvgIpc) is 2.61. The Kier molecular flexibility index (Phi) is 4.27. The zero-order chi connectivity index (χ0) is 11.4. The second-order valence-corrected chi connectivity index (χ2v) is 4.86. The highest BCUT2D eigenvalue weighted by atomic mass is 32.1. The molecule has 0 fully saturated rings. The Balaban J connectivity index is 2.55. The molecule has 84 valence electrons. The van der Waals surface area contributed by atoms with Gasteiger partial charge in [-0.15, -0.1) is 11.3 Å². The zero-order valence-corrected chi connectivity index (χ0v) is 10.6. The Morgan fingerprint density at radius 1 is 1.67 bits per heavy atom. The number of aryl methyl sites for hydroxylation is 1. The van der Waals surface area contributed by atoms with Crippen LogP contribution in [0.1, 0.15) is 31.0 Å². The Morgan fingerprint density at radius 2 is 2.33 bits per heavy atom. The van der Waals surface area contributed by atoms with Gasteiger partial charge >= 0.3 is 0 Å². The first-order valence-electron chi connectivity index (χ1n) is 5.21. The van der Waals surface area contributed by atoms with Crippen LogP contribution in [0.25, 0.3) is 0 Å². The Morgan fingerprint density at radius 3 is 2.80 bits per heavy atom. The summed E-state index contributed by atoms with van der Waals surface area (Å²) in [5, 5.41) is 2.97. The molecule has 1 aromatic heterocycles. The second-order valence-electron chi connectivity index (χ2n) is 3.80. The molecule has 1 unspecified atom stereocenters. The van der Waals surface area contributed by atoms with Crippen molar-refractivity contribution in [1.29, 1.82) is 0 Å². The number of hydrogen-bond donors (Lipinski definition) is 0. The van der Waals surface area contributed by atoms with Crippen molar-refractivity contribution in [1.82, 2.24) is 9.88 Å². The normalized spacial score (nSPS) is 12.5. The summed E-state index contributed by atoms with van der Waals surface area (Å²) in [4.78, 5) is 17.9. The van der Waals surface area contributed by atoms with Gasteiger partial charge in [-0.1, -0.05) is 6.92 Å². The average molecular weight is 226 g/mol. The van der Waals surface area contributed by atoms with E-state index in [1.807, 2.05) is 19.4 Å². The van der Waals surface area contributed by atoms with E-state index < -0.39 is 0 Å². The van der Waals surface area contributed by atoms with Gasteiger partial charge in [0.15, 0.2) is 0 Å². The predicted octanol–water partition coefficient (Wildman–Crippen LogP) is 2.25. The van der Waals surface area contributed by atoms with Crippen LogP contribution in [0.15, 0.2) is 5.38 Å². The van der Waals surface area contributed by atoms with Crippen molar-refractivity contribution < 1.29 is 4.79 Å². The van der Waals surface area contributed by atoms with Crippen LogP contribution in [0.2, 0.25) is 0 Å². The Labute approximate surface area is 95.1 Å². The number of rotatable bonds is 4. The lowest BCUT2D eigenvalue weighted by Gasteiger charge is -2.23. The first-order valence-corrected chi connectivity index (χ1v) is 6.09. The molecule has 4 heteroatoms. The van der Waals surface area contributed by atoms with E-state index in [9.17, 15) is 4.79 Å². The molecule has 0 saturated carbocycles. The van der Waals surface area contributed by atoms with Gasteiger partial charge in [0.2, 0.25) is 5.91 Å². The molecule has 0 radical (unpaired) electrons. The molecule has 1 rings (SSSR count). The van der Waals surface area contributed by atoms with Gasteiger partial charge in [-0.05, 0) is 20.3 Å². The minimum Gasteiger partial charge on any atom is -0.343 e. The molecule has 1 aromatic rings. The number of hydrogen-bond acceptors (Lipinski definition) is 3. The fourth-order valence-corrected chi connectivity index (χ4v) is 1.90. The van der Waals surface area contributed by atoms with Crippen LogP contribution in [0.5, 0.6) is 0 Å². The summed E-state index contributed by atoms with van der Waals surface area (Å²) in [5.74, 6) is 0.148. The molecule has 0 aliphatic rings. The summed E-state index contributed by atoms with van der Waals surface area (Å²) in [5.41, 5.74) is 0.887. The van der Waals surface area contributed by atoms with Crippen molar-refractivity contribution in [2.45, 2.75) is 39.7 Å². The van der Waals surface area contributed by atoms with Gasteiger partial charge in [0.25, 0.3) is 0 Å². The minimum absolute atomic E-state index is 0.148. The molecule has 15 heavy (non-hydrogen) atoms. The summed E-state index contributed by atoms with van der Waals surface area (Å²) in [6, 6.07) is 0.303. The molecular formula is C11H18N2OS. The molecular weight excluding hydrogens is 208 g/mol. The number of thiazole rings is 1. The smallest absolute Gasteiger partial charge is 0.228 e. The van der Waals surface area contributed by atoms with Crippen molar-refractivity contribution in [3.63, 3.8) is 0 Å². The summed E-state index contributed by atoms with van der Waals surface area (Å²) in [7, 11) is 1.86. The van der Waals surface area contributed by atoms with Gasteiger partial charge in [0.1, 0.15) is 0 Å². The predicted molar refractivity (Wildman–Crippen MR) is 63.1 cm³/mol. The van der Waals surface area contributed by atoms with Crippen molar-refractivity contribution in [3.05, 3.63) is 16.1 Å². The molecule has 0 saturated heterocycles. The topological polar surface area (TPSA) is 33.2 Å². The third-order valence-corrected chi connectivity index (χ3v) is 3.47. The molecule has 0 aliphatic carbocycles. The van der Waals surface area contributed by atoms with Crippen LogP contribution in [0.3, 0.4) is 0 Å². The number of aromatic nitrogens is 1. The largest absolute Gasteiger partial charge is 0.343 e. The fraction of sp³-hybridized carbons (Fsp3) is 0.636. The maximum atomic E-state index is 11.8. The second kappa shape index (κ2) is 5.26. The molecule has 1 amide bonds. The third kappa shape index (κ3) is 3.30. The molecule has 1 heterocycles. The third-order valence-electron chi connectivity index (χ3n) is 2.64. The fourth-order valence-electron chi connectivity index (χ4n) is 1.29. The molecule has 3 nitrogen and oxygen atoms in total. The van der Waals surface area contributed by atoms with E-state index in [2.05, 4.69) is 18.8 Å². The van der Waals surface area contributed by atoms with Crippen molar-refractivity contribution in [2.24, 2.45) is 0 Å². The first-order chi connectivity index (χ1) is 7.04. The van der Waals surface area contributed by atoms with E-state index in [0.29, 0.717) is 12.5 Å². The maximum Gasteiger partial charge on any atom is 0.228 e. The number of amides is 1. The van der Waals surface area contributed by atoms with E-state index >= 15 is 0 Å². The number of carbonyl (C=O) groups is 1. The first kappa shape index (κ1) is 12.2. The maximum absolute atomic E-state index is 11.8. The van der Waals surface area contributed by atoms with E-state index in [4.69, 9.17) is 0 Å². The van der Waals surface area contributed by atoms with E-state index in [1.54, 1.807) is 16.2 Å². The SMILES string of the molecule is CCC(C)N(C)C(=O)Cc1csc(C)n1. The lowest BCUT2D eigenvalue weighted by molar-refractivity contribution is -0.131. The van der Waals surface area contributed by atoms with Crippen molar-refractivity contribution in [3.8, 4) is 0 Å². The quantitative estimate of drug-likeness (QED) is 0.789. The van der Waals surface area contributed by atoms with Crippen molar-refractivity contribution in [2.75, 3.05) is 7.05 Å². The minimum atomic E-state index is 0.148. The van der Waals surface area contributed by atoms with Crippen molar-refractivity contribution >= 4 is 17.2 Å². The van der Waals surface area contributed by atoms with Crippen LogP contribution < -0.4 is 0 Å². The van der Waals surface area contributed by atoms with Gasteiger partial charge in [-0.2, -0.15) is 0 Å². The summed E-state index contributed by atoms with van der Waals surface area (Å²) >= 11 is 1.59. The highest BCUT2D eigenvalue weighted by molar-refractivity contribution is 7.09. The van der Waals surface area contributed by atoms with Crippen LogP contribution >= 0.6 is 11.3 Å². The van der Waals surface area contributed by atoms with Crippen LogP contribution in [-0.4, -0.2) is 28.9 Å². The standard InChI is InChI=1S/C11H18N2OS/c1-5-8(2)13(4)11(14)6-10-7-15-9(3)12-10/h7-8H,5-6H2,1-4H3. The van der Waals surface area contributed by atoms with Crippen LogP contribution in [-0.2, 0) is 11.2 Å². The van der Waals surface area contributed by atoms with Gasteiger partial charge in [0, 0.05) is 18.5 Å². The van der Waals surface area contributed by atoms with Crippen LogP contribution in [0, 0.1) is 6.92 Å². The molecule has 0 aliphatic heterocycles. The molecule has 0 N–H and O–H groups in total. The highest BCUT2D eigenvalue weighted by Gasteiger charge is 2.15. The molecule has 0 bridgehead atoms. The Hall–Kier alpha value is -0.900. The van der Waals surface area contributed by atoms with E-state index in [1.165, 1.54) is 0 Å². The van der Waals surface area contributed by atoms with E-state index in [0.717, 1.165) is 17.1 Å². The summed E-state index contributed by atoms with van der Waals surface area (Å²) in [6.07, 6.45) is 1.41. The monoisotopic (exact) mass is 226 g/mol. The van der Waals surface area contributed by atoms with Gasteiger partial charge < -0.3 is 4.90 Å². The molecule has 1 atom stereocenters. The van der Waals surface area contributed by atoms with Gasteiger partial charge in [-0.3, -0.25) is 4.79 Å². The van der Waals surface area contributed by atoms with E-state index in [-0.39, 0.29) is 5.91 Å². The van der Waals surface area contributed by atoms with Gasteiger partial charge in [-0.25, -0.2) is 4.98 Å². The summed E-state index contributed by atoms with van der Waals surface area (Å²) < 4.78 is 0. The highest BCUT2D eigenvalue weighted by Crippen LogP contribution is 2.10. The lowest BCUT2D eigenvalue weighted by atomic mass is 10.2. The number of nitrogens with zero attached hydrogens (tertiary/aromatic N) is 2. The van der Waals surface area contributed by atoms with Crippen LogP contribution in [0.4, 0.5) is 0 Å². The number of likely N-dealkylation sites (N-methyl/N-ethyl adjacent to an activating group) is 1. The van der Waals surface area contributed by atoms with Gasteiger partial charge in [0.05, 0.1) is 17.1 Å². The summed E-state index contributed by atoms with van der Waals surface area (Å²) in [6.45, 7) is 6.10. The Bertz CT molecular complexity index is 335.